The number of rotatable bonds is 8. The molecule has 23 heavy (non-hydrogen) atoms. The van der Waals surface area contributed by atoms with Crippen molar-refractivity contribution in [3.63, 3.8) is 0 Å². The van der Waals surface area contributed by atoms with Gasteiger partial charge >= 0.3 is 0 Å². The Morgan fingerprint density at radius 3 is 2.57 bits per heavy atom. The minimum Gasteiger partial charge on any atom is -0.370 e. The summed E-state index contributed by atoms with van der Waals surface area (Å²) in [6, 6.07) is 4.11. The fourth-order valence-corrected chi connectivity index (χ4v) is 5.32. The molecule has 0 atom stereocenters. The summed E-state index contributed by atoms with van der Waals surface area (Å²) in [4.78, 5) is 7.42. The summed E-state index contributed by atoms with van der Waals surface area (Å²) >= 11 is 1.32. The minimum atomic E-state index is -3.36. The lowest BCUT2D eigenvalue weighted by molar-refractivity contribution is 0.447. The number of hydrogen-bond acceptors (Lipinski definition) is 4. The van der Waals surface area contributed by atoms with Gasteiger partial charge in [0.25, 0.3) is 10.0 Å². The molecule has 0 saturated heterocycles. The van der Waals surface area contributed by atoms with Crippen molar-refractivity contribution in [3.05, 3.63) is 17.0 Å². The van der Waals surface area contributed by atoms with Crippen molar-refractivity contribution >= 4 is 27.3 Å². The second-order valence-electron chi connectivity index (χ2n) is 5.64. The fourth-order valence-electron chi connectivity index (χ4n) is 2.36. The zero-order valence-electron chi connectivity index (χ0n) is 14.0. The summed E-state index contributed by atoms with van der Waals surface area (Å²) in [5, 5.41) is 0. The van der Waals surface area contributed by atoms with Crippen LogP contribution in [-0.2, 0) is 16.4 Å². The Labute approximate surface area is 143 Å². The van der Waals surface area contributed by atoms with Crippen LogP contribution in [0.25, 0.3) is 0 Å². The van der Waals surface area contributed by atoms with Crippen molar-refractivity contribution < 1.29 is 8.42 Å². The van der Waals surface area contributed by atoms with Crippen LogP contribution in [0.2, 0.25) is 0 Å². The number of nitrogens with two attached hydrogens (primary N) is 1. The van der Waals surface area contributed by atoms with Gasteiger partial charge in [-0.25, -0.2) is 8.42 Å². The third-order valence-electron chi connectivity index (χ3n) is 4.02. The van der Waals surface area contributed by atoms with E-state index in [4.69, 9.17) is 5.73 Å². The normalized spacial score (nSPS) is 16.1. The number of sulfonamides is 1. The van der Waals surface area contributed by atoms with Crippen molar-refractivity contribution in [2.45, 2.75) is 43.4 Å². The first-order chi connectivity index (χ1) is 10.9. The first-order valence-electron chi connectivity index (χ1n) is 8.01. The molecule has 1 fully saturated rings. The highest BCUT2D eigenvalue weighted by molar-refractivity contribution is 7.91. The van der Waals surface area contributed by atoms with Crippen LogP contribution in [0.15, 0.2) is 21.3 Å². The molecule has 130 valence electrons. The molecule has 0 bridgehead atoms. The van der Waals surface area contributed by atoms with Gasteiger partial charge in [-0.2, -0.15) is 4.31 Å². The highest BCUT2D eigenvalue weighted by Gasteiger charge is 2.27. The van der Waals surface area contributed by atoms with Gasteiger partial charge in [0.05, 0.1) is 0 Å². The number of aliphatic imine (C=N–C) groups is 1. The van der Waals surface area contributed by atoms with Crippen molar-refractivity contribution in [2.24, 2.45) is 10.7 Å². The average molecular weight is 359 g/mol. The number of hydrogen-bond donors (Lipinski definition) is 1. The quantitative estimate of drug-likeness (QED) is 0.567. The van der Waals surface area contributed by atoms with E-state index in [1.165, 1.54) is 28.5 Å². The van der Waals surface area contributed by atoms with Crippen molar-refractivity contribution in [2.75, 3.05) is 26.7 Å². The summed E-state index contributed by atoms with van der Waals surface area (Å²) in [5.41, 5.74) is 5.95. The van der Waals surface area contributed by atoms with E-state index in [0.717, 1.165) is 4.88 Å². The molecule has 0 unspecified atom stereocenters. The van der Waals surface area contributed by atoms with E-state index in [2.05, 4.69) is 4.99 Å². The number of thiophene rings is 1. The maximum Gasteiger partial charge on any atom is 0.252 e. The lowest BCUT2D eigenvalue weighted by atomic mass is 10.3. The molecular formula is C15H26N4O2S2. The summed E-state index contributed by atoms with van der Waals surface area (Å²) < 4.78 is 26.8. The van der Waals surface area contributed by atoms with Gasteiger partial charge in [0.2, 0.25) is 0 Å². The van der Waals surface area contributed by atoms with Gasteiger partial charge in [-0.05, 0) is 25.0 Å². The van der Waals surface area contributed by atoms with E-state index in [0.29, 0.717) is 42.3 Å². The van der Waals surface area contributed by atoms with Crippen LogP contribution >= 0.6 is 11.3 Å². The molecule has 2 N–H and O–H groups in total. The predicted molar refractivity (Wildman–Crippen MR) is 95.4 cm³/mol. The molecule has 1 heterocycles. The summed E-state index contributed by atoms with van der Waals surface area (Å²) in [6.07, 6.45) is 3.08. The summed E-state index contributed by atoms with van der Waals surface area (Å²) in [7, 11) is -1.39. The van der Waals surface area contributed by atoms with Crippen LogP contribution in [0.1, 0.15) is 31.6 Å². The molecule has 0 radical (unpaired) electrons. The van der Waals surface area contributed by atoms with Crippen molar-refractivity contribution in [3.8, 4) is 0 Å². The van der Waals surface area contributed by atoms with Crippen LogP contribution in [0.3, 0.4) is 0 Å². The van der Waals surface area contributed by atoms with Gasteiger partial charge in [-0.3, -0.25) is 4.99 Å². The molecule has 1 aliphatic rings. The standard InChI is InChI=1S/C15H26N4O2S2/c1-4-19(5-2)23(20,21)14-9-8-13(22-14)10-11-17-15(16)18(3)12-6-7-12/h8-9,12H,4-7,10-11H2,1-3H3,(H2,16,17). The van der Waals surface area contributed by atoms with Gasteiger partial charge in [0.1, 0.15) is 4.21 Å². The molecule has 2 rings (SSSR count). The SMILES string of the molecule is CCN(CC)S(=O)(=O)c1ccc(CCN=C(N)N(C)C2CC2)s1. The van der Waals surface area contributed by atoms with E-state index in [-0.39, 0.29) is 0 Å². The van der Waals surface area contributed by atoms with Crippen molar-refractivity contribution in [1.82, 2.24) is 9.21 Å². The monoisotopic (exact) mass is 358 g/mol. The van der Waals surface area contributed by atoms with Gasteiger partial charge in [-0.15, -0.1) is 11.3 Å². The first kappa shape index (κ1) is 18.2. The van der Waals surface area contributed by atoms with E-state index >= 15 is 0 Å². The molecule has 1 saturated carbocycles. The fraction of sp³-hybridized carbons (Fsp3) is 0.667. The molecule has 0 aliphatic heterocycles. The number of guanidine groups is 1. The Hall–Kier alpha value is -1.12. The van der Waals surface area contributed by atoms with Gasteiger partial charge < -0.3 is 10.6 Å². The minimum absolute atomic E-state index is 0.406. The van der Waals surface area contributed by atoms with Crippen LogP contribution < -0.4 is 5.73 Å². The highest BCUT2D eigenvalue weighted by atomic mass is 32.2. The van der Waals surface area contributed by atoms with Crippen LogP contribution in [0.5, 0.6) is 0 Å². The second-order valence-corrected chi connectivity index (χ2v) is 8.98. The van der Waals surface area contributed by atoms with Crippen LogP contribution in [0, 0.1) is 0 Å². The van der Waals surface area contributed by atoms with Gasteiger partial charge in [0.15, 0.2) is 5.96 Å². The number of nitrogens with zero attached hydrogens (tertiary/aromatic N) is 3. The maximum absolute atomic E-state index is 12.4. The van der Waals surface area contributed by atoms with Gasteiger partial charge in [-0.1, -0.05) is 13.8 Å². The Balaban J connectivity index is 1.96. The lowest BCUT2D eigenvalue weighted by Crippen LogP contribution is -2.35. The van der Waals surface area contributed by atoms with Crippen LogP contribution in [0.4, 0.5) is 0 Å². The molecule has 1 aromatic heterocycles. The molecule has 0 spiro atoms. The Morgan fingerprint density at radius 2 is 2.00 bits per heavy atom. The van der Waals surface area contributed by atoms with E-state index in [1.54, 1.807) is 6.07 Å². The Kier molecular flexibility index (Phi) is 6.05. The third-order valence-corrected chi connectivity index (χ3v) is 7.69. The lowest BCUT2D eigenvalue weighted by Gasteiger charge is -2.17. The molecule has 6 nitrogen and oxygen atoms in total. The van der Waals surface area contributed by atoms with E-state index < -0.39 is 10.0 Å². The topological polar surface area (TPSA) is 79.0 Å². The maximum atomic E-state index is 12.4. The van der Waals surface area contributed by atoms with Crippen molar-refractivity contribution in [1.29, 1.82) is 0 Å². The molecule has 1 aliphatic carbocycles. The smallest absolute Gasteiger partial charge is 0.252 e. The third kappa shape index (κ3) is 4.45. The molecular weight excluding hydrogens is 332 g/mol. The summed E-state index contributed by atoms with van der Waals surface area (Å²) in [5.74, 6) is 0.569. The molecule has 1 aromatic rings. The van der Waals surface area contributed by atoms with E-state index in [1.807, 2.05) is 31.9 Å². The highest BCUT2D eigenvalue weighted by Crippen LogP contribution is 2.26. The van der Waals surface area contributed by atoms with E-state index in [9.17, 15) is 8.42 Å². The predicted octanol–water partition coefficient (Wildman–Crippen LogP) is 1.73. The Morgan fingerprint density at radius 1 is 1.35 bits per heavy atom. The summed E-state index contributed by atoms with van der Waals surface area (Å²) in [6.45, 7) is 5.25. The van der Waals surface area contributed by atoms with Crippen LogP contribution in [-0.4, -0.2) is 56.3 Å². The molecule has 0 aromatic carbocycles. The second kappa shape index (κ2) is 7.63. The molecule has 0 amide bonds. The molecule has 8 heteroatoms. The Bertz CT molecular complexity index is 646. The first-order valence-corrected chi connectivity index (χ1v) is 10.3. The average Bonchev–Trinajstić information content (AvgIpc) is 3.25. The van der Waals surface area contributed by atoms with Gasteiger partial charge in [0, 0.05) is 44.0 Å². The largest absolute Gasteiger partial charge is 0.370 e. The zero-order chi connectivity index (χ0) is 17.0. The zero-order valence-corrected chi connectivity index (χ0v) is 15.7.